The first-order chi connectivity index (χ1) is 12.0. The molecule has 0 radical (unpaired) electrons. The molecule has 0 heterocycles. The first-order valence-electron chi connectivity index (χ1n) is 7.44. The molecule has 0 bridgehead atoms. The zero-order valence-corrected chi connectivity index (χ0v) is 15.0. The number of methoxy groups -OCH3 is 1. The molecule has 3 N–H and O–H groups in total. The van der Waals surface area contributed by atoms with E-state index in [1.165, 1.54) is 7.11 Å². The van der Waals surface area contributed by atoms with E-state index in [0.717, 1.165) is 5.56 Å². The Hall–Kier alpha value is -2.15. The van der Waals surface area contributed by atoms with Gasteiger partial charge in [-0.05, 0) is 35.9 Å². The van der Waals surface area contributed by atoms with E-state index >= 15 is 0 Å². The Morgan fingerprint density at radius 3 is 2.60 bits per heavy atom. The molecule has 0 aliphatic heterocycles. The minimum atomic E-state index is -0.377. The van der Waals surface area contributed by atoms with Crippen molar-refractivity contribution in [3.05, 3.63) is 52.0 Å². The number of benzene rings is 2. The molecule has 2 aromatic rings. The lowest BCUT2D eigenvalue weighted by Crippen LogP contribution is -2.28. The predicted octanol–water partition coefficient (Wildman–Crippen LogP) is 3.69. The van der Waals surface area contributed by atoms with Gasteiger partial charge in [0.05, 0.1) is 23.8 Å². The van der Waals surface area contributed by atoms with Gasteiger partial charge in [0, 0.05) is 12.2 Å². The van der Waals surface area contributed by atoms with Crippen molar-refractivity contribution in [2.75, 3.05) is 25.6 Å². The highest BCUT2D eigenvalue weighted by Crippen LogP contribution is 2.28. The quantitative estimate of drug-likeness (QED) is 0.679. The van der Waals surface area contributed by atoms with Crippen LogP contribution in [0.1, 0.15) is 5.56 Å². The smallest absolute Gasteiger partial charge is 0.319 e. The fourth-order valence-electron chi connectivity index (χ4n) is 2.03. The van der Waals surface area contributed by atoms with Gasteiger partial charge in [-0.25, -0.2) is 4.79 Å². The summed E-state index contributed by atoms with van der Waals surface area (Å²) in [5.74, 6) is 1.05. The van der Waals surface area contributed by atoms with E-state index in [-0.39, 0.29) is 19.2 Å². The van der Waals surface area contributed by atoms with Crippen LogP contribution in [0.4, 0.5) is 10.5 Å². The Balaban J connectivity index is 1.93. The van der Waals surface area contributed by atoms with E-state index in [2.05, 4.69) is 10.6 Å². The molecular formula is C17H18Cl2N2O4. The molecular weight excluding hydrogens is 367 g/mol. The number of ether oxygens (including phenoxy) is 2. The summed E-state index contributed by atoms with van der Waals surface area (Å²) in [6.07, 6.45) is 0. The second-order valence-corrected chi connectivity index (χ2v) is 5.81. The molecule has 0 atom stereocenters. The zero-order valence-electron chi connectivity index (χ0n) is 13.5. The lowest BCUT2D eigenvalue weighted by Gasteiger charge is -2.12. The van der Waals surface area contributed by atoms with Crippen LogP contribution in [-0.4, -0.2) is 31.5 Å². The van der Waals surface area contributed by atoms with E-state index in [0.29, 0.717) is 33.8 Å². The van der Waals surface area contributed by atoms with Crippen molar-refractivity contribution in [2.24, 2.45) is 0 Å². The molecule has 0 saturated heterocycles. The van der Waals surface area contributed by atoms with Crippen LogP contribution >= 0.6 is 23.2 Å². The number of amides is 2. The van der Waals surface area contributed by atoms with Crippen LogP contribution in [0.15, 0.2) is 36.4 Å². The van der Waals surface area contributed by atoms with E-state index in [4.69, 9.17) is 37.8 Å². The molecule has 0 spiro atoms. The number of aliphatic hydroxyl groups excluding tert-OH is 1. The standard InChI is InChI=1S/C17H18Cl2N2O4/c1-24-16-8-11(2-5-15(16)25-7-6-22)10-20-17(23)21-12-3-4-13(18)14(19)9-12/h2-5,8-9,22H,6-7,10H2,1H3,(H2,20,21,23). The fraction of sp³-hybridized carbons (Fsp3) is 0.235. The van der Waals surface area contributed by atoms with Gasteiger partial charge < -0.3 is 25.2 Å². The van der Waals surface area contributed by atoms with Gasteiger partial charge in [-0.3, -0.25) is 0 Å². The molecule has 0 aliphatic rings. The topological polar surface area (TPSA) is 79.8 Å². The number of carbonyl (C=O) groups is 1. The minimum absolute atomic E-state index is 0.0820. The number of anilines is 1. The molecule has 2 aromatic carbocycles. The van der Waals surface area contributed by atoms with Crippen LogP contribution in [0.2, 0.25) is 10.0 Å². The highest BCUT2D eigenvalue weighted by atomic mass is 35.5. The zero-order chi connectivity index (χ0) is 18.2. The van der Waals surface area contributed by atoms with E-state index < -0.39 is 0 Å². The average molecular weight is 385 g/mol. The van der Waals surface area contributed by atoms with Crippen molar-refractivity contribution in [3.63, 3.8) is 0 Å². The summed E-state index contributed by atoms with van der Waals surface area (Å²) in [4.78, 5) is 12.0. The van der Waals surface area contributed by atoms with Gasteiger partial charge in [-0.2, -0.15) is 0 Å². The summed E-state index contributed by atoms with van der Waals surface area (Å²) in [5, 5.41) is 15.0. The van der Waals surface area contributed by atoms with Crippen LogP contribution in [0.3, 0.4) is 0 Å². The molecule has 0 fully saturated rings. The second kappa shape index (κ2) is 9.36. The third kappa shape index (κ3) is 5.70. The maximum Gasteiger partial charge on any atom is 0.319 e. The summed E-state index contributed by atoms with van der Waals surface area (Å²) in [6.45, 7) is 0.394. The van der Waals surface area contributed by atoms with Gasteiger partial charge in [-0.1, -0.05) is 29.3 Å². The molecule has 0 aromatic heterocycles. The molecule has 25 heavy (non-hydrogen) atoms. The van der Waals surface area contributed by atoms with Gasteiger partial charge in [0.2, 0.25) is 0 Å². The first-order valence-corrected chi connectivity index (χ1v) is 8.19. The molecule has 134 valence electrons. The maximum atomic E-state index is 12.0. The van der Waals surface area contributed by atoms with Crippen molar-refractivity contribution in [1.82, 2.24) is 5.32 Å². The third-order valence-electron chi connectivity index (χ3n) is 3.21. The fourth-order valence-corrected chi connectivity index (χ4v) is 2.33. The largest absolute Gasteiger partial charge is 0.493 e. The van der Waals surface area contributed by atoms with Crippen LogP contribution in [0.25, 0.3) is 0 Å². The number of urea groups is 1. The van der Waals surface area contributed by atoms with Crippen molar-refractivity contribution < 1.29 is 19.4 Å². The summed E-state index contributed by atoms with van der Waals surface area (Å²) in [7, 11) is 1.52. The summed E-state index contributed by atoms with van der Waals surface area (Å²) < 4.78 is 10.6. The van der Waals surface area contributed by atoms with Crippen molar-refractivity contribution in [1.29, 1.82) is 0 Å². The first kappa shape index (κ1) is 19.2. The Labute approximate surface area is 155 Å². The Morgan fingerprint density at radius 2 is 1.92 bits per heavy atom. The highest BCUT2D eigenvalue weighted by molar-refractivity contribution is 6.42. The van der Waals surface area contributed by atoms with E-state index in [1.54, 1.807) is 36.4 Å². The van der Waals surface area contributed by atoms with Gasteiger partial charge in [0.1, 0.15) is 6.61 Å². The molecule has 8 heteroatoms. The average Bonchev–Trinajstić information content (AvgIpc) is 2.61. The Bertz CT molecular complexity index is 741. The van der Waals surface area contributed by atoms with E-state index in [1.807, 2.05) is 0 Å². The second-order valence-electron chi connectivity index (χ2n) is 4.99. The molecule has 0 saturated carbocycles. The third-order valence-corrected chi connectivity index (χ3v) is 3.95. The Morgan fingerprint density at radius 1 is 1.12 bits per heavy atom. The number of aliphatic hydroxyl groups is 1. The number of carbonyl (C=O) groups excluding carboxylic acids is 1. The molecule has 0 unspecified atom stereocenters. The van der Waals surface area contributed by atoms with Crippen LogP contribution in [-0.2, 0) is 6.54 Å². The Kier molecular flexibility index (Phi) is 7.18. The summed E-state index contributed by atoms with van der Waals surface area (Å²) in [6, 6.07) is 9.74. The van der Waals surface area contributed by atoms with Gasteiger partial charge >= 0.3 is 6.03 Å². The molecule has 2 amide bonds. The van der Waals surface area contributed by atoms with E-state index in [9.17, 15) is 4.79 Å². The van der Waals surface area contributed by atoms with Crippen molar-refractivity contribution in [2.45, 2.75) is 6.54 Å². The molecule has 2 rings (SSSR count). The number of halogens is 2. The highest BCUT2D eigenvalue weighted by Gasteiger charge is 2.08. The SMILES string of the molecule is COc1cc(CNC(=O)Nc2ccc(Cl)c(Cl)c2)ccc1OCCO. The van der Waals surface area contributed by atoms with Crippen LogP contribution < -0.4 is 20.1 Å². The van der Waals surface area contributed by atoms with Gasteiger partial charge in [-0.15, -0.1) is 0 Å². The number of hydrogen-bond donors (Lipinski definition) is 3. The van der Waals surface area contributed by atoms with Crippen molar-refractivity contribution in [3.8, 4) is 11.5 Å². The lowest BCUT2D eigenvalue weighted by molar-refractivity contribution is 0.196. The molecule has 6 nitrogen and oxygen atoms in total. The number of nitrogens with one attached hydrogen (secondary N) is 2. The monoisotopic (exact) mass is 384 g/mol. The lowest BCUT2D eigenvalue weighted by atomic mass is 10.2. The van der Waals surface area contributed by atoms with Crippen LogP contribution in [0, 0.1) is 0 Å². The van der Waals surface area contributed by atoms with Crippen molar-refractivity contribution >= 4 is 34.9 Å². The van der Waals surface area contributed by atoms with Gasteiger partial charge in [0.15, 0.2) is 11.5 Å². The van der Waals surface area contributed by atoms with Crippen LogP contribution in [0.5, 0.6) is 11.5 Å². The maximum absolute atomic E-state index is 12.0. The number of hydrogen-bond acceptors (Lipinski definition) is 4. The normalized spacial score (nSPS) is 10.2. The number of rotatable bonds is 7. The summed E-state index contributed by atoms with van der Waals surface area (Å²) in [5.41, 5.74) is 1.37. The minimum Gasteiger partial charge on any atom is -0.493 e. The summed E-state index contributed by atoms with van der Waals surface area (Å²) >= 11 is 11.7. The van der Waals surface area contributed by atoms with Gasteiger partial charge in [0.25, 0.3) is 0 Å². The predicted molar refractivity (Wildman–Crippen MR) is 97.9 cm³/mol. The molecule has 0 aliphatic carbocycles.